The van der Waals surface area contributed by atoms with Crippen LogP contribution >= 0.6 is 22.9 Å². The molecule has 2 aliphatic rings. The standard InChI is InChI=1S/C26H25ClN4O3S/c1-16-6-7-19(27)12-21(16)29-26(33)31-10-8-17(9-11-31)25-28-23(15-35-25)22-13-24(34-30-22)20-5-3-2-4-18(20)14-32/h2-7,12-15,17,24,30H,8-11H2,1H3,(H,29,33). The highest BCUT2D eigenvalue weighted by Crippen LogP contribution is 2.34. The Morgan fingerprint density at radius 1 is 1.26 bits per heavy atom. The number of hydrogen-bond donors (Lipinski definition) is 2. The zero-order chi connectivity index (χ0) is 24.4. The highest BCUT2D eigenvalue weighted by molar-refractivity contribution is 7.09. The molecule has 0 saturated carbocycles. The SMILES string of the molecule is Cc1ccc(Cl)cc1NC(=O)N1CCC(c2nc(C3=CC(c4ccccc4C=O)ON3)cs2)CC1. The number of urea groups is 1. The second kappa shape index (κ2) is 10.2. The lowest BCUT2D eigenvalue weighted by atomic mass is 9.98. The summed E-state index contributed by atoms with van der Waals surface area (Å²) in [6.07, 6.45) is 4.15. The Kier molecular flexibility index (Phi) is 6.86. The fourth-order valence-electron chi connectivity index (χ4n) is 4.37. The molecule has 5 rings (SSSR count). The van der Waals surface area contributed by atoms with E-state index in [1.165, 1.54) is 0 Å². The van der Waals surface area contributed by atoms with Gasteiger partial charge in [-0.05, 0) is 49.1 Å². The maximum Gasteiger partial charge on any atom is 0.321 e. The van der Waals surface area contributed by atoms with Crippen molar-refractivity contribution in [1.29, 1.82) is 0 Å². The summed E-state index contributed by atoms with van der Waals surface area (Å²) in [5.41, 5.74) is 7.73. The molecule has 1 saturated heterocycles. The minimum atomic E-state index is -0.346. The van der Waals surface area contributed by atoms with Crippen molar-refractivity contribution >= 4 is 46.6 Å². The van der Waals surface area contributed by atoms with Gasteiger partial charge in [0.05, 0.1) is 16.4 Å². The second-order valence-corrected chi connectivity index (χ2v) is 10.0. The minimum Gasteiger partial charge on any atom is -0.324 e. The summed E-state index contributed by atoms with van der Waals surface area (Å²) in [6.45, 7) is 3.28. The van der Waals surface area contributed by atoms with Crippen LogP contribution in [0, 0.1) is 6.92 Å². The van der Waals surface area contributed by atoms with Gasteiger partial charge in [-0.1, -0.05) is 41.9 Å². The average molecular weight is 509 g/mol. The molecule has 7 nitrogen and oxygen atoms in total. The molecule has 1 unspecified atom stereocenters. The number of aromatic nitrogens is 1. The first-order valence-electron chi connectivity index (χ1n) is 11.5. The Morgan fingerprint density at radius 3 is 2.86 bits per heavy atom. The van der Waals surface area contributed by atoms with Crippen LogP contribution in [0.2, 0.25) is 5.02 Å². The number of piperidine rings is 1. The van der Waals surface area contributed by atoms with Crippen LogP contribution in [0.5, 0.6) is 0 Å². The average Bonchev–Trinajstić information content (AvgIpc) is 3.56. The molecule has 0 bridgehead atoms. The van der Waals surface area contributed by atoms with Gasteiger partial charge in [-0.25, -0.2) is 9.78 Å². The number of anilines is 1. The van der Waals surface area contributed by atoms with Crippen molar-refractivity contribution in [3.63, 3.8) is 0 Å². The van der Waals surface area contributed by atoms with Crippen molar-refractivity contribution in [2.45, 2.75) is 31.8 Å². The van der Waals surface area contributed by atoms with E-state index in [4.69, 9.17) is 21.4 Å². The highest BCUT2D eigenvalue weighted by atomic mass is 35.5. The molecule has 35 heavy (non-hydrogen) atoms. The van der Waals surface area contributed by atoms with Crippen molar-refractivity contribution in [2.75, 3.05) is 18.4 Å². The normalized spacial score (nSPS) is 18.2. The molecule has 1 fully saturated rings. The second-order valence-electron chi connectivity index (χ2n) is 8.69. The molecule has 0 spiro atoms. The third kappa shape index (κ3) is 5.10. The zero-order valence-electron chi connectivity index (χ0n) is 19.2. The first-order chi connectivity index (χ1) is 17.0. The summed E-state index contributed by atoms with van der Waals surface area (Å²) in [6, 6.07) is 12.8. The molecule has 3 heterocycles. The number of thiazole rings is 1. The number of nitrogens with one attached hydrogen (secondary N) is 2. The molecule has 180 valence electrons. The van der Waals surface area contributed by atoms with Crippen LogP contribution in [0.1, 0.15) is 57.0 Å². The van der Waals surface area contributed by atoms with E-state index < -0.39 is 0 Å². The van der Waals surface area contributed by atoms with Crippen LogP contribution in [0.4, 0.5) is 10.5 Å². The monoisotopic (exact) mass is 508 g/mol. The lowest BCUT2D eigenvalue weighted by Gasteiger charge is -2.31. The van der Waals surface area contributed by atoms with Gasteiger partial charge in [0.1, 0.15) is 12.4 Å². The Balaban J connectivity index is 1.20. The number of aldehydes is 1. The van der Waals surface area contributed by atoms with Gasteiger partial charge in [0.25, 0.3) is 0 Å². The van der Waals surface area contributed by atoms with Crippen LogP contribution in [0.3, 0.4) is 0 Å². The van der Waals surface area contributed by atoms with Crippen molar-refractivity contribution < 1.29 is 14.4 Å². The summed E-state index contributed by atoms with van der Waals surface area (Å²) in [4.78, 5) is 36.5. The first kappa shape index (κ1) is 23.5. The number of carbonyl (C=O) groups is 2. The van der Waals surface area contributed by atoms with E-state index in [1.807, 2.05) is 53.6 Å². The van der Waals surface area contributed by atoms with Gasteiger partial charge in [-0.2, -0.15) is 0 Å². The number of benzene rings is 2. The van der Waals surface area contributed by atoms with Gasteiger partial charge in [0.15, 0.2) is 0 Å². The maximum absolute atomic E-state index is 12.8. The predicted molar refractivity (Wildman–Crippen MR) is 138 cm³/mol. The van der Waals surface area contributed by atoms with Gasteiger partial charge < -0.3 is 10.2 Å². The summed E-state index contributed by atoms with van der Waals surface area (Å²) in [7, 11) is 0. The van der Waals surface area contributed by atoms with E-state index >= 15 is 0 Å². The quantitative estimate of drug-likeness (QED) is 0.416. The third-order valence-corrected chi connectivity index (χ3v) is 7.66. The largest absolute Gasteiger partial charge is 0.324 e. The molecule has 2 aliphatic heterocycles. The fraction of sp³-hybridized carbons (Fsp3) is 0.269. The number of aryl methyl sites for hydroxylation is 1. The third-order valence-electron chi connectivity index (χ3n) is 6.41. The van der Waals surface area contributed by atoms with Gasteiger partial charge in [0, 0.05) is 40.7 Å². The Morgan fingerprint density at radius 2 is 2.06 bits per heavy atom. The Bertz CT molecular complexity index is 1280. The molecule has 2 N–H and O–H groups in total. The highest BCUT2D eigenvalue weighted by Gasteiger charge is 2.28. The van der Waals surface area contributed by atoms with Crippen LogP contribution in [0.25, 0.3) is 5.70 Å². The number of rotatable bonds is 5. The van der Waals surface area contributed by atoms with Crippen molar-refractivity contribution in [3.05, 3.63) is 86.3 Å². The van der Waals surface area contributed by atoms with Gasteiger partial charge in [0.2, 0.25) is 0 Å². The molecule has 1 atom stereocenters. The topological polar surface area (TPSA) is 83.6 Å². The van der Waals surface area contributed by atoms with E-state index in [9.17, 15) is 9.59 Å². The summed E-state index contributed by atoms with van der Waals surface area (Å²) in [5, 5.41) is 6.66. The van der Waals surface area contributed by atoms with Crippen molar-refractivity contribution in [3.8, 4) is 0 Å². The van der Waals surface area contributed by atoms with Crippen molar-refractivity contribution in [1.82, 2.24) is 15.4 Å². The molecule has 0 radical (unpaired) electrons. The molecule has 9 heteroatoms. The van der Waals surface area contributed by atoms with E-state index in [0.29, 0.717) is 29.6 Å². The van der Waals surface area contributed by atoms with Gasteiger partial charge in [-0.15, -0.1) is 11.3 Å². The number of amides is 2. The van der Waals surface area contributed by atoms with Crippen LogP contribution in [-0.4, -0.2) is 35.3 Å². The van der Waals surface area contributed by atoms with Gasteiger partial charge >= 0.3 is 6.03 Å². The lowest BCUT2D eigenvalue weighted by molar-refractivity contribution is 0.0505. The van der Waals surface area contributed by atoms with Crippen LogP contribution in [0.15, 0.2) is 53.9 Å². The van der Waals surface area contributed by atoms with E-state index in [-0.39, 0.29) is 12.1 Å². The Labute approximate surface area is 212 Å². The molecule has 0 aliphatic carbocycles. The van der Waals surface area contributed by atoms with E-state index in [2.05, 4.69) is 10.8 Å². The maximum atomic E-state index is 12.8. The zero-order valence-corrected chi connectivity index (χ0v) is 20.7. The number of nitrogens with zero attached hydrogens (tertiary/aromatic N) is 2. The van der Waals surface area contributed by atoms with E-state index in [0.717, 1.165) is 52.3 Å². The minimum absolute atomic E-state index is 0.104. The molecule has 1 aromatic heterocycles. The molecular formula is C26H25ClN4O3S. The number of carbonyl (C=O) groups excluding carboxylic acids is 2. The van der Waals surface area contributed by atoms with Gasteiger partial charge in [-0.3, -0.25) is 15.1 Å². The predicted octanol–water partition coefficient (Wildman–Crippen LogP) is 5.95. The summed E-state index contributed by atoms with van der Waals surface area (Å²) in [5.74, 6) is 0.306. The first-order valence-corrected chi connectivity index (χ1v) is 12.7. The fourth-order valence-corrected chi connectivity index (χ4v) is 5.53. The summed E-state index contributed by atoms with van der Waals surface area (Å²) < 4.78 is 0. The number of likely N-dealkylation sites (tertiary alicyclic amines) is 1. The van der Waals surface area contributed by atoms with Crippen molar-refractivity contribution in [2.24, 2.45) is 0 Å². The van der Waals surface area contributed by atoms with E-state index in [1.54, 1.807) is 23.5 Å². The van der Waals surface area contributed by atoms with Crippen LogP contribution < -0.4 is 10.8 Å². The molecular weight excluding hydrogens is 484 g/mol. The smallest absolute Gasteiger partial charge is 0.321 e. The number of hydrogen-bond acceptors (Lipinski definition) is 6. The Hall–Kier alpha value is -3.20. The molecule has 3 aromatic rings. The summed E-state index contributed by atoms with van der Waals surface area (Å²) >= 11 is 7.70. The number of halogens is 1. The lowest BCUT2D eigenvalue weighted by Crippen LogP contribution is -2.40. The van der Waals surface area contributed by atoms with Crippen LogP contribution in [-0.2, 0) is 4.84 Å². The molecule has 2 amide bonds. The molecule has 2 aromatic carbocycles. The number of hydroxylamine groups is 1.